The van der Waals surface area contributed by atoms with E-state index >= 15 is 4.39 Å². The number of benzene rings is 1. The van der Waals surface area contributed by atoms with Crippen molar-refractivity contribution in [3.63, 3.8) is 0 Å². The lowest BCUT2D eigenvalue weighted by Crippen LogP contribution is -2.14. The second kappa shape index (κ2) is 9.19. The molecule has 5 aromatic rings. The number of aromatic nitrogens is 9. The maximum absolute atomic E-state index is 15.2. The standard InChI is InChI=1S/C25H21ClFN9/c1-15-28-9-8-20(32-15)18-12-31-35(13-18)23(10-16-2-3-16)21-6-4-17(11-29-21)24-22(36-14-30-33-34-36)7-5-19(26)25(24)27/h4-9,11-14,16,23H,2-3,10H2,1H3. The molecular formula is C25H21ClFN9. The summed E-state index contributed by atoms with van der Waals surface area (Å²) < 4.78 is 18.5. The van der Waals surface area contributed by atoms with Crippen molar-refractivity contribution >= 4 is 11.6 Å². The SMILES string of the molecule is Cc1nccc(-c2cnn(C(CC3CC3)c3ccc(-c4c(-n5cnnn5)ccc(Cl)c4F)cn3)c2)n1. The highest BCUT2D eigenvalue weighted by Gasteiger charge is 2.29. The molecule has 0 spiro atoms. The molecule has 1 aliphatic rings. The highest BCUT2D eigenvalue weighted by Crippen LogP contribution is 2.40. The summed E-state index contributed by atoms with van der Waals surface area (Å²) in [5.41, 5.74) is 3.94. The average Bonchev–Trinajstić information content (AvgIpc) is 3.32. The second-order valence-corrected chi connectivity index (χ2v) is 9.28. The summed E-state index contributed by atoms with van der Waals surface area (Å²) in [6.07, 6.45) is 12.0. The van der Waals surface area contributed by atoms with Crippen LogP contribution >= 0.6 is 11.6 Å². The van der Waals surface area contributed by atoms with Crippen molar-refractivity contribution in [1.82, 2.24) is 44.9 Å². The van der Waals surface area contributed by atoms with Gasteiger partial charge in [0.2, 0.25) is 0 Å². The summed E-state index contributed by atoms with van der Waals surface area (Å²) in [5, 5.41) is 15.9. The normalized spacial score (nSPS) is 14.2. The van der Waals surface area contributed by atoms with Crippen LogP contribution in [0.5, 0.6) is 0 Å². The third-order valence-corrected chi connectivity index (χ3v) is 6.62. The topological polar surface area (TPSA) is 100 Å². The monoisotopic (exact) mass is 501 g/mol. The van der Waals surface area contributed by atoms with E-state index in [-0.39, 0.29) is 16.6 Å². The molecule has 36 heavy (non-hydrogen) atoms. The van der Waals surface area contributed by atoms with Gasteiger partial charge in [0, 0.05) is 35.3 Å². The number of pyridine rings is 1. The van der Waals surface area contributed by atoms with Crippen LogP contribution in [-0.2, 0) is 0 Å². The highest BCUT2D eigenvalue weighted by molar-refractivity contribution is 6.31. The molecule has 0 N–H and O–H groups in total. The van der Waals surface area contributed by atoms with Crippen LogP contribution < -0.4 is 0 Å². The van der Waals surface area contributed by atoms with Crippen molar-refractivity contribution in [3.05, 3.63) is 83.8 Å². The molecule has 1 aromatic carbocycles. The third kappa shape index (κ3) is 4.35. The number of hydrogen-bond acceptors (Lipinski definition) is 7. The summed E-state index contributed by atoms with van der Waals surface area (Å²) in [7, 11) is 0. The van der Waals surface area contributed by atoms with E-state index in [1.165, 1.54) is 29.9 Å². The molecule has 0 aliphatic heterocycles. The van der Waals surface area contributed by atoms with E-state index in [0.717, 1.165) is 23.4 Å². The van der Waals surface area contributed by atoms with Gasteiger partial charge in [-0.1, -0.05) is 30.5 Å². The van der Waals surface area contributed by atoms with Crippen LogP contribution in [0.15, 0.2) is 61.4 Å². The molecule has 1 atom stereocenters. The van der Waals surface area contributed by atoms with Crippen LogP contribution in [-0.4, -0.2) is 44.9 Å². The Morgan fingerprint density at radius 3 is 2.69 bits per heavy atom. The first-order valence-electron chi connectivity index (χ1n) is 11.6. The summed E-state index contributed by atoms with van der Waals surface area (Å²) in [6, 6.07) is 8.76. The second-order valence-electron chi connectivity index (χ2n) is 8.87. The fourth-order valence-electron chi connectivity index (χ4n) is 4.32. The summed E-state index contributed by atoms with van der Waals surface area (Å²) >= 11 is 6.11. The van der Waals surface area contributed by atoms with Gasteiger partial charge in [-0.2, -0.15) is 9.78 Å². The van der Waals surface area contributed by atoms with Crippen molar-refractivity contribution in [3.8, 4) is 28.1 Å². The van der Waals surface area contributed by atoms with Gasteiger partial charge in [0.05, 0.1) is 34.3 Å². The van der Waals surface area contributed by atoms with Crippen LogP contribution in [0, 0.1) is 18.7 Å². The Bertz CT molecular complexity index is 1510. The maximum atomic E-state index is 15.2. The van der Waals surface area contributed by atoms with Crippen molar-refractivity contribution in [2.45, 2.75) is 32.2 Å². The van der Waals surface area contributed by atoms with Gasteiger partial charge in [0.15, 0.2) is 5.82 Å². The van der Waals surface area contributed by atoms with Crippen molar-refractivity contribution in [2.24, 2.45) is 5.92 Å². The zero-order valence-electron chi connectivity index (χ0n) is 19.3. The average molecular weight is 502 g/mol. The quantitative estimate of drug-likeness (QED) is 0.313. The predicted octanol–water partition coefficient (Wildman–Crippen LogP) is 4.87. The molecule has 4 heterocycles. The Morgan fingerprint density at radius 2 is 1.97 bits per heavy atom. The molecule has 11 heteroatoms. The molecule has 9 nitrogen and oxygen atoms in total. The van der Waals surface area contributed by atoms with Gasteiger partial charge in [-0.15, -0.1) is 5.10 Å². The lowest BCUT2D eigenvalue weighted by atomic mass is 10.0. The summed E-state index contributed by atoms with van der Waals surface area (Å²) in [4.78, 5) is 13.4. The first kappa shape index (κ1) is 22.4. The number of hydrogen-bond donors (Lipinski definition) is 0. The number of tetrazole rings is 1. The first-order chi connectivity index (χ1) is 17.6. The third-order valence-electron chi connectivity index (χ3n) is 6.33. The molecule has 0 bridgehead atoms. The van der Waals surface area contributed by atoms with Crippen LogP contribution in [0.3, 0.4) is 0 Å². The van der Waals surface area contributed by atoms with Crippen LogP contribution in [0.1, 0.15) is 36.8 Å². The first-order valence-corrected chi connectivity index (χ1v) is 12.0. The number of halogens is 2. The minimum Gasteiger partial charge on any atom is -0.263 e. The van der Waals surface area contributed by atoms with Gasteiger partial charge in [0.25, 0.3) is 0 Å². The largest absolute Gasteiger partial charge is 0.263 e. The molecule has 4 aromatic heterocycles. The lowest BCUT2D eigenvalue weighted by molar-refractivity contribution is 0.455. The van der Waals surface area contributed by atoms with Crippen molar-refractivity contribution < 1.29 is 4.39 Å². The molecule has 1 saturated carbocycles. The van der Waals surface area contributed by atoms with E-state index in [9.17, 15) is 0 Å². The number of rotatable bonds is 7. The molecule has 0 amide bonds. The smallest absolute Gasteiger partial charge is 0.151 e. The minimum absolute atomic E-state index is 0.0153. The van der Waals surface area contributed by atoms with E-state index < -0.39 is 5.82 Å². The summed E-state index contributed by atoms with van der Waals surface area (Å²) in [5.74, 6) is 0.800. The Kier molecular flexibility index (Phi) is 5.73. The Hall–Kier alpha value is -4.05. The Labute approximate surface area is 211 Å². The minimum atomic E-state index is -0.550. The summed E-state index contributed by atoms with van der Waals surface area (Å²) in [6.45, 7) is 1.86. The molecule has 1 fully saturated rings. The maximum Gasteiger partial charge on any atom is 0.151 e. The van der Waals surface area contributed by atoms with Crippen molar-refractivity contribution in [1.29, 1.82) is 0 Å². The van der Waals surface area contributed by atoms with E-state index in [1.54, 1.807) is 18.5 Å². The van der Waals surface area contributed by atoms with E-state index in [0.29, 0.717) is 23.0 Å². The Morgan fingerprint density at radius 1 is 1.08 bits per heavy atom. The highest BCUT2D eigenvalue weighted by atomic mass is 35.5. The lowest BCUT2D eigenvalue weighted by Gasteiger charge is -2.18. The van der Waals surface area contributed by atoms with Gasteiger partial charge in [-0.3, -0.25) is 9.67 Å². The van der Waals surface area contributed by atoms with Crippen LogP contribution in [0.2, 0.25) is 5.02 Å². The molecule has 180 valence electrons. The number of nitrogens with zero attached hydrogens (tertiary/aromatic N) is 9. The predicted molar refractivity (Wildman–Crippen MR) is 131 cm³/mol. The van der Waals surface area contributed by atoms with Gasteiger partial charge >= 0.3 is 0 Å². The molecule has 6 rings (SSSR count). The van der Waals surface area contributed by atoms with E-state index in [4.69, 9.17) is 16.6 Å². The van der Waals surface area contributed by atoms with Crippen molar-refractivity contribution in [2.75, 3.05) is 0 Å². The van der Waals surface area contributed by atoms with Gasteiger partial charge in [-0.05, 0) is 54.0 Å². The van der Waals surface area contributed by atoms with Gasteiger partial charge in [0.1, 0.15) is 12.2 Å². The van der Waals surface area contributed by atoms with Crippen LogP contribution in [0.4, 0.5) is 4.39 Å². The molecule has 1 unspecified atom stereocenters. The Balaban J connectivity index is 1.36. The van der Waals surface area contributed by atoms with Gasteiger partial charge in [-0.25, -0.2) is 14.4 Å². The molecule has 0 radical (unpaired) electrons. The zero-order chi connectivity index (χ0) is 24.6. The molecule has 1 aliphatic carbocycles. The zero-order valence-corrected chi connectivity index (χ0v) is 20.1. The molecular weight excluding hydrogens is 481 g/mol. The fourth-order valence-corrected chi connectivity index (χ4v) is 4.48. The van der Waals surface area contributed by atoms with Crippen LogP contribution in [0.25, 0.3) is 28.1 Å². The fraction of sp³-hybridized carbons (Fsp3) is 0.240. The van der Waals surface area contributed by atoms with E-state index in [2.05, 4.69) is 30.6 Å². The number of aryl methyl sites for hydroxylation is 1. The van der Waals surface area contributed by atoms with E-state index in [1.807, 2.05) is 42.2 Å². The molecule has 0 saturated heterocycles. The van der Waals surface area contributed by atoms with Gasteiger partial charge < -0.3 is 0 Å².